The third-order valence-corrected chi connectivity index (χ3v) is 5.51. The summed E-state index contributed by atoms with van der Waals surface area (Å²) in [4.78, 5) is 0.200. The lowest BCUT2D eigenvalue weighted by molar-refractivity contribution is 0.0536. The van der Waals surface area contributed by atoms with Crippen LogP contribution in [-0.2, 0) is 14.6 Å². The first kappa shape index (κ1) is 16.0. The second kappa shape index (κ2) is 7.58. The van der Waals surface area contributed by atoms with Crippen molar-refractivity contribution in [1.82, 2.24) is 0 Å². The van der Waals surface area contributed by atoms with Crippen molar-refractivity contribution in [1.29, 1.82) is 5.26 Å². The maximum absolute atomic E-state index is 12.2. The Labute approximate surface area is 126 Å². The van der Waals surface area contributed by atoms with E-state index in [1.165, 1.54) is 37.8 Å². The number of sulfone groups is 1. The maximum Gasteiger partial charge on any atom is 0.180 e. The van der Waals surface area contributed by atoms with Crippen molar-refractivity contribution in [3.63, 3.8) is 0 Å². The molecule has 0 heterocycles. The topological polar surface area (TPSA) is 67.2 Å². The molecule has 1 fully saturated rings. The minimum absolute atomic E-state index is 0.0294. The van der Waals surface area contributed by atoms with Crippen molar-refractivity contribution in [3.05, 3.63) is 29.8 Å². The van der Waals surface area contributed by atoms with Gasteiger partial charge in [-0.1, -0.05) is 31.7 Å². The van der Waals surface area contributed by atoms with Gasteiger partial charge >= 0.3 is 0 Å². The Morgan fingerprint density at radius 3 is 2.57 bits per heavy atom. The van der Waals surface area contributed by atoms with E-state index in [9.17, 15) is 8.42 Å². The number of nitrogens with zero attached hydrogens (tertiary/aromatic N) is 1. The van der Waals surface area contributed by atoms with Crippen LogP contribution in [0, 0.1) is 11.3 Å². The molecule has 0 aliphatic heterocycles. The lowest BCUT2D eigenvalue weighted by Crippen LogP contribution is -2.18. The molecule has 0 bridgehead atoms. The standard InChI is InChI=1S/C16H21NO3S/c17-13-14-6-5-9-16(12-14)21(18,19)11-10-20-15-7-3-1-2-4-8-15/h5-6,9,12,15H,1-4,7-8,10-11H2. The van der Waals surface area contributed by atoms with Gasteiger partial charge in [0.2, 0.25) is 0 Å². The third kappa shape index (κ3) is 4.83. The van der Waals surface area contributed by atoms with E-state index < -0.39 is 9.84 Å². The molecular formula is C16H21NO3S. The summed E-state index contributed by atoms with van der Waals surface area (Å²) < 4.78 is 30.2. The second-order valence-electron chi connectivity index (χ2n) is 5.44. The molecule has 0 unspecified atom stereocenters. The van der Waals surface area contributed by atoms with Gasteiger partial charge in [0.15, 0.2) is 9.84 Å². The van der Waals surface area contributed by atoms with Crippen LogP contribution in [0.4, 0.5) is 0 Å². The highest BCUT2D eigenvalue weighted by atomic mass is 32.2. The minimum Gasteiger partial charge on any atom is -0.377 e. The summed E-state index contributed by atoms with van der Waals surface area (Å²) in [5.74, 6) is -0.0294. The molecule has 0 N–H and O–H groups in total. The number of hydrogen-bond acceptors (Lipinski definition) is 4. The van der Waals surface area contributed by atoms with Crippen LogP contribution in [0.15, 0.2) is 29.2 Å². The Morgan fingerprint density at radius 1 is 1.19 bits per heavy atom. The van der Waals surface area contributed by atoms with Crippen LogP contribution >= 0.6 is 0 Å². The van der Waals surface area contributed by atoms with Crippen molar-refractivity contribution >= 4 is 9.84 Å². The minimum atomic E-state index is -3.38. The fraction of sp³-hybridized carbons (Fsp3) is 0.562. The zero-order chi connectivity index (χ0) is 15.1. The van der Waals surface area contributed by atoms with Crippen molar-refractivity contribution in [2.45, 2.75) is 49.5 Å². The fourth-order valence-corrected chi connectivity index (χ4v) is 3.75. The fourth-order valence-electron chi connectivity index (χ4n) is 2.61. The molecular weight excluding hydrogens is 286 g/mol. The van der Waals surface area contributed by atoms with Gasteiger partial charge in [0, 0.05) is 0 Å². The third-order valence-electron chi connectivity index (χ3n) is 3.83. The van der Waals surface area contributed by atoms with Gasteiger partial charge in [-0.3, -0.25) is 0 Å². The summed E-state index contributed by atoms with van der Waals surface area (Å²) in [6, 6.07) is 8.10. The second-order valence-corrected chi connectivity index (χ2v) is 7.55. The van der Waals surface area contributed by atoms with E-state index in [-0.39, 0.29) is 23.4 Å². The van der Waals surface area contributed by atoms with Gasteiger partial charge in [0.25, 0.3) is 0 Å². The Balaban J connectivity index is 1.90. The molecule has 1 aromatic carbocycles. The van der Waals surface area contributed by atoms with Gasteiger partial charge in [0.05, 0.1) is 35.0 Å². The van der Waals surface area contributed by atoms with E-state index in [0.29, 0.717) is 5.56 Å². The van der Waals surface area contributed by atoms with Crippen LogP contribution in [0.25, 0.3) is 0 Å². The van der Waals surface area contributed by atoms with Crippen molar-refractivity contribution in [3.8, 4) is 6.07 Å². The predicted molar refractivity (Wildman–Crippen MR) is 80.7 cm³/mol. The summed E-state index contributed by atoms with van der Waals surface area (Å²) in [6.45, 7) is 0.226. The Hall–Kier alpha value is -1.38. The van der Waals surface area contributed by atoms with Gasteiger partial charge in [-0.15, -0.1) is 0 Å². The Morgan fingerprint density at radius 2 is 1.90 bits per heavy atom. The number of ether oxygens (including phenoxy) is 1. The van der Waals surface area contributed by atoms with Gasteiger partial charge in [-0.2, -0.15) is 5.26 Å². The molecule has 0 radical (unpaired) electrons. The molecule has 1 aromatic rings. The van der Waals surface area contributed by atoms with E-state index >= 15 is 0 Å². The average molecular weight is 307 g/mol. The molecule has 1 aliphatic carbocycles. The zero-order valence-corrected chi connectivity index (χ0v) is 12.9. The highest BCUT2D eigenvalue weighted by molar-refractivity contribution is 7.91. The first-order valence-corrected chi connectivity index (χ1v) is 9.11. The largest absolute Gasteiger partial charge is 0.377 e. The van der Waals surface area contributed by atoms with Gasteiger partial charge in [0.1, 0.15) is 0 Å². The lowest BCUT2D eigenvalue weighted by Gasteiger charge is -2.15. The van der Waals surface area contributed by atoms with Gasteiger partial charge in [-0.25, -0.2) is 8.42 Å². The van der Waals surface area contributed by atoms with Crippen LogP contribution in [0.1, 0.15) is 44.1 Å². The summed E-state index contributed by atoms with van der Waals surface area (Å²) in [6.07, 6.45) is 7.10. The molecule has 21 heavy (non-hydrogen) atoms. The quantitative estimate of drug-likeness (QED) is 0.784. The van der Waals surface area contributed by atoms with Crippen molar-refractivity contribution in [2.75, 3.05) is 12.4 Å². The monoisotopic (exact) mass is 307 g/mol. The first-order valence-electron chi connectivity index (χ1n) is 7.46. The smallest absolute Gasteiger partial charge is 0.180 e. The van der Waals surface area contributed by atoms with Crippen LogP contribution < -0.4 is 0 Å². The molecule has 1 aliphatic rings. The van der Waals surface area contributed by atoms with E-state index in [0.717, 1.165) is 12.8 Å². The van der Waals surface area contributed by atoms with E-state index in [4.69, 9.17) is 10.00 Å². The average Bonchev–Trinajstić information content (AvgIpc) is 2.76. The highest BCUT2D eigenvalue weighted by Gasteiger charge is 2.17. The van der Waals surface area contributed by atoms with Crippen LogP contribution in [0.2, 0.25) is 0 Å². The molecule has 4 nitrogen and oxygen atoms in total. The normalized spacial score (nSPS) is 17.1. The molecule has 114 valence electrons. The number of benzene rings is 1. The van der Waals surface area contributed by atoms with Gasteiger partial charge in [-0.05, 0) is 31.0 Å². The number of nitriles is 1. The zero-order valence-electron chi connectivity index (χ0n) is 12.1. The van der Waals surface area contributed by atoms with E-state index in [1.807, 2.05) is 6.07 Å². The van der Waals surface area contributed by atoms with Crippen LogP contribution in [-0.4, -0.2) is 26.9 Å². The van der Waals surface area contributed by atoms with E-state index in [1.54, 1.807) is 12.1 Å². The molecule has 2 rings (SSSR count). The Kier molecular flexibility index (Phi) is 5.77. The molecule has 0 atom stereocenters. The van der Waals surface area contributed by atoms with Crippen molar-refractivity contribution < 1.29 is 13.2 Å². The SMILES string of the molecule is N#Cc1cccc(S(=O)(=O)CCOC2CCCCCC2)c1. The summed E-state index contributed by atoms with van der Waals surface area (Å²) in [5.41, 5.74) is 0.362. The summed E-state index contributed by atoms with van der Waals surface area (Å²) in [5, 5.41) is 8.83. The van der Waals surface area contributed by atoms with Gasteiger partial charge < -0.3 is 4.74 Å². The van der Waals surface area contributed by atoms with Crippen LogP contribution in [0.5, 0.6) is 0 Å². The van der Waals surface area contributed by atoms with Crippen molar-refractivity contribution in [2.24, 2.45) is 0 Å². The lowest BCUT2D eigenvalue weighted by atomic mass is 10.1. The molecule has 0 amide bonds. The molecule has 1 saturated carbocycles. The van der Waals surface area contributed by atoms with Crippen LogP contribution in [0.3, 0.4) is 0 Å². The first-order chi connectivity index (χ1) is 10.1. The molecule has 0 aromatic heterocycles. The highest BCUT2D eigenvalue weighted by Crippen LogP contribution is 2.20. The number of hydrogen-bond donors (Lipinski definition) is 0. The van der Waals surface area contributed by atoms with E-state index in [2.05, 4.69) is 0 Å². The molecule has 0 saturated heterocycles. The Bertz CT molecular complexity index is 596. The predicted octanol–water partition coefficient (Wildman–Crippen LogP) is 3.07. The molecule has 0 spiro atoms. The summed E-state index contributed by atoms with van der Waals surface area (Å²) in [7, 11) is -3.38. The summed E-state index contributed by atoms with van der Waals surface area (Å²) >= 11 is 0. The molecule has 5 heteroatoms. The maximum atomic E-state index is 12.2. The number of rotatable bonds is 5.